The second-order valence-electron chi connectivity index (χ2n) is 18.7. The van der Waals surface area contributed by atoms with E-state index >= 15 is 0 Å². The Morgan fingerprint density at radius 3 is 1.71 bits per heavy atom. The van der Waals surface area contributed by atoms with Crippen LogP contribution in [0.15, 0.2) is 115 Å². The molecule has 0 bridgehead atoms. The van der Waals surface area contributed by atoms with Crippen LogP contribution in [0.1, 0.15) is 156 Å². The van der Waals surface area contributed by atoms with E-state index in [-0.39, 0.29) is 5.41 Å². The molecule has 1 aliphatic carbocycles. The van der Waals surface area contributed by atoms with Crippen molar-refractivity contribution in [2.24, 2.45) is 0 Å². The average molecular weight is 842 g/mol. The van der Waals surface area contributed by atoms with Gasteiger partial charge in [0, 0.05) is 12.0 Å². The van der Waals surface area contributed by atoms with Crippen LogP contribution < -0.4 is 14.4 Å². The van der Waals surface area contributed by atoms with E-state index in [0.717, 1.165) is 61.0 Å². The first kappa shape index (κ1) is 46.0. The summed E-state index contributed by atoms with van der Waals surface area (Å²) in [6.07, 6.45) is 22.4. The van der Waals surface area contributed by atoms with Crippen molar-refractivity contribution in [3.05, 3.63) is 149 Å². The average Bonchev–Trinajstić information content (AvgIpc) is 3.56. The lowest BCUT2D eigenvalue weighted by atomic mass is 9.70. The largest absolute Gasteiger partial charge is 0.493 e. The molecule has 2 aliphatic rings. The number of aryl methyl sites for hydroxylation is 4. The smallest absolute Gasteiger partial charge is 0.151 e. The quantitative estimate of drug-likeness (QED) is 0.0674. The molecule has 8 rings (SSSR count). The second kappa shape index (κ2) is 22.6. The van der Waals surface area contributed by atoms with Gasteiger partial charge >= 0.3 is 0 Å². The first-order valence-electron chi connectivity index (χ1n) is 24.8. The molecule has 3 nitrogen and oxygen atoms in total. The van der Waals surface area contributed by atoms with E-state index in [2.05, 4.69) is 137 Å². The van der Waals surface area contributed by atoms with Gasteiger partial charge < -0.3 is 14.4 Å². The molecule has 6 aromatic carbocycles. The first-order valence-corrected chi connectivity index (χ1v) is 24.8. The monoisotopic (exact) mass is 842 g/mol. The minimum atomic E-state index is 0.182. The third-order valence-electron chi connectivity index (χ3n) is 13.8. The lowest BCUT2D eigenvalue weighted by molar-refractivity contribution is 0.303. The molecule has 0 N–H and O–H groups in total. The lowest BCUT2D eigenvalue weighted by Crippen LogP contribution is -2.26. The molecule has 0 aromatic heterocycles. The minimum Gasteiger partial charge on any atom is -0.493 e. The fourth-order valence-corrected chi connectivity index (χ4v) is 10.3. The van der Waals surface area contributed by atoms with Gasteiger partial charge in [0.1, 0.15) is 5.75 Å². The molecule has 332 valence electrons. The molecule has 0 saturated heterocycles. The van der Waals surface area contributed by atoms with Gasteiger partial charge in [-0.15, -0.1) is 0 Å². The summed E-state index contributed by atoms with van der Waals surface area (Å²) in [6, 6.07) is 41.9. The third kappa shape index (κ3) is 11.0. The first-order chi connectivity index (χ1) is 30.8. The van der Waals surface area contributed by atoms with E-state index < -0.39 is 0 Å². The van der Waals surface area contributed by atoms with Gasteiger partial charge in [-0.3, -0.25) is 0 Å². The van der Waals surface area contributed by atoms with Gasteiger partial charge in [0.05, 0.1) is 18.0 Å². The molecule has 1 aliphatic heterocycles. The summed E-state index contributed by atoms with van der Waals surface area (Å²) < 4.78 is 12.0. The standard InChI is InChI=1S/C35H48.C25H27NO2/c1-5-7-9-11-13-17-23-35(24-18-14-12-10-8-6-2)32-25-27(3)21-22-31(32)34-30-20-16-15-19-29(30)28(4)26-33(34)35;1-19-14-15-20(2)25(18-19)27-17-9-3-8-16-26-21-10-4-6-12-23(21)28-24-13-7-5-11-22(24)26/h15-16,19-22,25-26H,5-14,17-18,23-24H2,1-4H3;4-7,10-15,18H,3,8-9,16-17H2,1-2H3. The van der Waals surface area contributed by atoms with E-state index in [4.69, 9.17) is 9.47 Å². The van der Waals surface area contributed by atoms with Crippen LogP contribution in [0.5, 0.6) is 17.2 Å². The highest BCUT2D eigenvalue weighted by atomic mass is 16.5. The van der Waals surface area contributed by atoms with Gasteiger partial charge in [0.2, 0.25) is 0 Å². The minimum absolute atomic E-state index is 0.182. The predicted molar refractivity (Wildman–Crippen MR) is 271 cm³/mol. The van der Waals surface area contributed by atoms with Crippen molar-refractivity contribution in [1.82, 2.24) is 0 Å². The molecule has 0 amide bonds. The van der Waals surface area contributed by atoms with Crippen molar-refractivity contribution in [2.45, 2.75) is 156 Å². The number of ether oxygens (including phenoxy) is 2. The summed E-state index contributed by atoms with van der Waals surface area (Å²) in [4.78, 5) is 2.37. The Hall–Kier alpha value is -5.02. The number of nitrogens with zero attached hydrogens (tertiary/aromatic N) is 1. The van der Waals surface area contributed by atoms with Crippen molar-refractivity contribution in [3.8, 4) is 28.4 Å². The zero-order valence-corrected chi connectivity index (χ0v) is 39.7. The Morgan fingerprint density at radius 2 is 1.05 bits per heavy atom. The maximum absolute atomic E-state index is 6.06. The van der Waals surface area contributed by atoms with E-state index in [0.29, 0.717) is 0 Å². The van der Waals surface area contributed by atoms with Crippen molar-refractivity contribution in [2.75, 3.05) is 18.1 Å². The van der Waals surface area contributed by atoms with Gasteiger partial charge in [-0.1, -0.05) is 181 Å². The van der Waals surface area contributed by atoms with Crippen molar-refractivity contribution >= 4 is 22.1 Å². The molecule has 0 saturated carbocycles. The summed E-state index contributed by atoms with van der Waals surface area (Å²) in [5.74, 6) is 2.87. The molecule has 0 unspecified atom stereocenters. The van der Waals surface area contributed by atoms with Crippen LogP contribution >= 0.6 is 0 Å². The highest BCUT2D eigenvalue weighted by Crippen LogP contribution is 2.57. The van der Waals surface area contributed by atoms with Crippen LogP contribution in [-0.2, 0) is 5.41 Å². The van der Waals surface area contributed by atoms with Crippen molar-refractivity contribution < 1.29 is 9.47 Å². The predicted octanol–water partition coefficient (Wildman–Crippen LogP) is 18.0. The molecule has 1 heterocycles. The van der Waals surface area contributed by atoms with Crippen LogP contribution in [0.2, 0.25) is 0 Å². The fraction of sp³-hybridized carbons (Fsp3) is 0.433. The SMILES string of the molecule is CCCCCCCCC1(CCCCCCCC)c2cc(C)ccc2-c2c1cc(C)c1ccccc21.Cc1ccc(C)c(OCCCCCN2c3ccccc3Oc3ccccc32)c1. The second-order valence-corrected chi connectivity index (χ2v) is 18.7. The zero-order chi connectivity index (χ0) is 44.0. The molecule has 3 heteroatoms. The van der Waals surface area contributed by atoms with Gasteiger partial charge in [-0.25, -0.2) is 0 Å². The van der Waals surface area contributed by atoms with E-state index in [1.165, 1.54) is 134 Å². The number of hydrogen-bond acceptors (Lipinski definition) is 3. The summed E-state index contributed by atoms with van der Waals surface area (Å²) in [5.41, 5.74) is 14.1. The Kier molecular flexibility index (Phi) is 16.5. The Bertz CT molecular complexity index is 2330. The maximum atomic E-state index is 6.06. The number of fused-ring (bicyclic) bond motifs is 7. The fourth-order valence-electron chi connectivity index (χ4n) is 10.3. The lowest BCUT2D eigenvalue weighted by Gasteiger charge is -2.33. The van der Waals surface area contributed by atoms with Crippen LogP contribution in [0, 0.1) is 27.7 Å². The van der Waals surface area contributed by atoms with Crippen molar-refractivity contribution in [3.63, 3.8) is 0 Å². The number of anilines is 2. The van der Waals surface area contributed by atoms with Crippen LogP contribution in [-0.4, -0.2) is 13.2 Å². The van der Waals surface area contributed by atoms with Gasteiger partial charge in [0.15, 0.2) is 11.5 Å². The Balaban J connectivity index is 0.000000193. The van der Waals surface area contributed by atoms with E-state index in [1.54, 1.807) is 11.1 Å². The number of hydrogen-bond donors (Lipinski definition) is 0. The molecule has 63 heavy (non-hydrogen) atoms. The van der Waals surface area contributed by atoms with Crippen LogP contribution in [0.4, 0.5) is 11.4 Å². The highest BCUT2D eigenvalue weighted by Gasteiger charge is 2.43. The molecule has 0 fully saturated rings. The molecule has 0 spiro atoms. The van der Waals surface area contributed by atoms with Gasteiger partial charge in [0.25, 0.3) is 0 Å². The molecule has 0 radical (unpaired) electrons. The summed E-state index contributed by atoms with van der Waals surface area (Å²) in [6.45, 7) is 15.2. The van der Waals surface area contributed by atoms with E-state index in [1.807, 2.05) is 24.3 Å². The topological polar surface area (TPSA) is 21.7 Å². The number of rotatable bonds is 21. The van der Waals surface area contributed by atoms with Crippen LogP contribution in [0.25, 0.3) is 21.9 Å². The van der Waals surface area contributed by atoms with Crippen LogP contribution in [0.3, 0.4) is 0 Å². The summed E-state index contributed by atoms with van der Waals surface area (Å²) in [7, 11) is 0. The highest BCUT2D eigenvalue weighted by molar-refractivity contribution is 6.04. The molecule has 6 aromatic rings. The molecular formula is C60H75NO2. The van der Waals surface area contributed by atoms with Gasteiger partial charge in [-0.05, 0) is 140 Å². The summed E-state index contributed by atoms with van der Waals surface area (Å²) >= 11 is 0. The molecule has 0 atom stereocenters. The summed E-state index contributed by atoms with van der Waals surface area (Å²) in [5, 5.41) is 2.88. The zero-order valence-electron chi connectivity index (χ0n) is 39.7. The third-order valence-corrected chi connectivity index (χ3v) is 13.8. The molecular weight excluding hydrogens is 767 g/mol. The number of para-hydroxylation sites is 4. The number of benzene rings is 6. The number of unbranched alkanes of at least 4 members (excludes halogenated alkanes) is 12. The van der Waals surface area contributed by atoms with Crippen molar-refractivity contribution in [1.29, 1.82) is 0 Å². The Morgan fingerprint density at radius 1 is 0.492 bits per heavy atom. The van der Waals surface area contributed by atoms with E-state index in [9.17, 15) is 0 Å². The normalized spacial score (nSPS) is 13.1. The Labute approximate surface area is 381 Å². The van der Waals surface area contributed by atoms with Gasteiger partial charge in [-0.2, -0.15) is 0 Å². The maximum Gasteiger partial charge on any atom is 0.151 e.